The van der Waals surface area contributed by atoms with Crippen molar-refractivity contribution < 1.29 is 9.47 Å². The van der Waals surface area contributed by atoms with E-state index in [1.165, 1.54) is 0 Å². The fraction of sp³-hybridized carbons (Fsp3) is 0.600. The molecule has 2 rings (SSSR count). The van der Waals surface area contributed by atoms with Gasteiger partial charge in [0.1, 0.15) is 5.15 Å². The van der Waals surface area contributed by atoms with E-state index in [0.29, 0.717) is 35.4 Å². The molecule has 0 aromatic carbocycles. The SMILES string of the molecule is COCc1nc(N2CCOCC2)nc(Cl)c1Br. The molecule has 17 heavy (non-hydrogen) atoms. The largest absolute Gasteiger partial charge is 0.378 e. The van der Waals surface area contributed by atoms with Gasteiger partial charge in [0.25, 0.3) is 0 Å². The van der Waals surface area contributed by atoms with E-state index < -0.39 is 0 Å². The van der Waals surface area contributed by atoms with Gasteiger partial charge >= 0.3 is 0 Å². The van der Waals surface area contributed by atoms with Gasteiger partial charge in [-0.1, -0.05) is 11.6 Å². The van der Waals surface area contributed by atoms with E-state index in [2.05, 4.69) is 30.8 Å². The summed E-state index contributed by atoms with van der Waals surface area (Å²) in [6.45, 7) is 3.35. The summed E-state index contributed by atoms with van der Waals surface area (Å²) in [5, 5.41) is 0.411. The lowest BCUT2D eigenvalue weighted by atomic mass is 10.4. The molecule has 7 heteroatoms. The minimum absolute atomic E-state index is 0.403. The second-order valence-corrected chi connectivity index (χ2v) is 4.76. The summed E-state index contributed by atoms with van der Waals surface area (Å²) in [5.74, 6) is 0.633. The summed E-state index contributed by atoms with van der Waals surface area (Å²) < 4.78 is 11.1. The summed E-state index contributed by atoms with van der Waals surface area (Å²) in [4.78, 5) is 10.8. The van der Waals surface area contributed by atoms with Crippen molar-refractivity contribution in [2.75, 3.05) is 38.3 Å². The van der Waals surface area contributed by atoms with Crippen LogP contribution in [0.25, 0.3) is 0 Å². The number of rotatable bonds is 3. The molecule has 5 nitrogen and oxygen atoms in total. The Labute approximate surface area is 113 Å². The molecule has 0 bridgehead atoms. The third-order valence-corrected chi connectivity index (χ3v) is 3.78. The molecule has 0 saturated carbocycles. The van der Waals surface area contributed by atoms with Crippen LogP contribution in [0.4, 0.5) is 5.95 Å². The molecule has 1 fully saturated rings. The van der Waals surface area contributed by atoms with Crippen molar-refractivity contribution in [3.05, 3.63) is 15.3 Å². The van der Waals surface area contributed by atoms with Crippen LogP contribution >= 0.6 is 27.5 Å². The summed E-state index contributed by atoms with van der Waals surface area (Å²) in [5.41, 5.74) is 0.758. The summed E-state index contributed by atoms with van der Waals surface area (Å²) in [6, 6.07) is 0. The molecule has 0 radical (unpaired) electrons. The highest BCUT2D eigenvalue weighted by molar-refractivity contribution is 9.10. The molecule has 1 saturated heterocycles. The van der Waals surface area contributed by atoms with Gasteiger partial charge in [-0.3, -0.25) is 0 Å². The van der Waals surface area contributed by atoms with Crippen LogP contribution in [0.3, 0.4) is 0 Å². The van der Waals surface area contributed by atoms with E-state index in [1.54, 1.807) is 7.11 Å². The van der Waals surface area contributed by atoms with Crippen molar-refractivity contribution in [3.8, 4) is 0 Å². The Hall–Kier alpha value is -0.430. The number of ether oxygens (including phenoxy) is 2. The number of halogens is 2. The Morgan fingerprint density at radius 2 is 2.12 bits per heavy atom. The topological polar surface area (TPSA) is 47.5 Å². The number of hydrogen-bond acceptors (Lipinski definition) is 5. The average molecular weight is 323 g/mol. The molecule has 0 N–H and O–H groups in total. The molecule has 0 aliphatic carbocycles. The zero-order chi connectivity index (χ0) is 12.3. The van der Waals surface area contributed by atoms with Crippen molar-refractivity contribution >= 4 is 33.5 Å². The monoisotopic (exact) mass is 321 g/mol. The molecular weight excluding hydrogens is 309 g/mol. The third kappa shape index (κ3) is 3.07. The molecule has 2 heterocycles. The van der Waals surface area contributed by atoms with Gasteiger partial charge in [0.05, 0.1) is 30.0 Å². The van der Waals surface area contributed by atoms with Crippen molar-refractivity contribution in [3.63, 3.8) is 0 Å². The maximum Gasteiger partial charge on any atom is 0.227 e. The average Bonchev–Trinajstić information content (AvgIpc) is 2.36. The zero-order valence-corrected chi connectivity index (χ0v) is 11.8. The molecule has 1 aromatic heterocycles. The van der Waals surface area contributed by atoms with Gasteiger partial charge in [-0.25, -0.2) is 4.98 Å². The number of nitrogens with zero attached hydrogens (tertiary/aromatic N) is 3. The standard InChI is InChI=1S/C10H13BrClN3O2/c1-16-6-7-8(11)9(12)14-10(13-7)15-2-4-17-5-3-15/h2-6H2,1H3. The first-order chi connectivity index (χ1) is 8.22. The Morgan fingerprint density at radius 3 is 2.76 bits per heavy atom. The van der Waals surface area contributed by atoms with Crippen LogP contribution in [0, 0.1) is 0 Å². The molecule has 0 unspecified atom stereocenters. The minimum Gasteiger partial charge on any atom is -0.378 e. The molecule has 0 amide bonds. The molecule has 0 spiro atoms. The maximum atomic E-state index is 6.06. The van der Waals surface area contributed by atoms with Gasteiger partial charge in [0.15, 0.2) is 0 Å². The van der Waals surface area contributed by atoms with Crippen LogP contribution in [0.2, 0.25) is 5.15 Å². The predicted octanol–water partition coefficient (Wildman–Crippen LogP) is 1.88. The molecule has 0 atom stereocenters. The second kappa shape index (κ2) is 5.95. The minimum atomic E-state index is 0.403. The van der Waals surface area contributed by atoms with Crippen molar-refractivity contribution in [2.45, 2.75) is 6.61 Å². The fourth-order valence-electron chi connectivity index (χ4n) is 1.59. The number of hydrogen-bond donors (Lipinski definition) is 0. The zero-order valence-electron chi connectivity index (χ0n) is 9.45. The van der Waals surface area contributed by atoms with Crippen LogP contribution in [0.5, 0.6) is 0 Å². The molecule has 1 aliphatic heterocycles. The van der Waals surface area contributed by atoms with Gasteiger partial charge in [0, 0.05) is 20.2 Å². The van der Waals surface area contributed by atoms with Gasteiger partial charge in [-0.15, -0.1) is 0 Å². The van der Waals surface area contributed by atoms with E-state index in [1.807, 2.05) is 0 Å². The molecule has 94 valence electrons. The van der Waals surface area contributed by atoms with E-state index in [0.717, 1.165) is 18.8 Å². The number of morpholine rings is 1. The van der Waals surface area contributed by atoms with Gasteiger partial charge in [-0.2, -0.15) is 4.98 Å². The molecule has 1 aromatic rings. The number of anilines is 1. The highest BCUT2D eigenvalue weighted by atomic mass is 79.9. The summed E-state index contributed by atoms with van der Waals surface area (Å²) in [6.07, 6.45) is 0. The number of methoxy groups -OCH3 is 1. The van der Waals surface area contributed by atoms with Crippen molar-refractivity contribution in [2.24, 2.45) is 0 Å². The fourth-order valence-corrected chi connectivity index (χ4v) is 2.06. The van der Waals surface area contributed by atoms with E-state index in [9.17, 15) is 0 Å². The quantitative estimate of drug-likeness (QED) is 0.795. The normalized spacial score (nSPS) is 16.3. The lowest BCUT2D eigenvalue weighted by Crippen LogP contribution is -2.37. The van der Waals surface area contributed by atoms with Gasteiger partial charge < -0.3 is 14.4 Å². The summed E-state index contributed by atoms with van der Waals surface area (Å²) in [7, 11) is 1.62. The lowest BCUT2D eigenvalue weighted by Gasteiger charge is -2.27. The Balaban J connectivity index is 2.27. The van der Waals surface area contributed by atoms with Crippen LogP contribution in [0.1, 0.15) is 5.69 Å². The predicted molar refractivity (Wildman–Crippen MR) is 68.5 cm³/mol. The first-order valence-corrected chi connectivity index (χ1v) is 6.43. The first kappa shape index (κ1) is 13.0. The molecular formula is C10H13BrClN3O2. The van der Waals surface area contributed by atoms with E-state index in [-0.39, 0.29) is 0 Å². The summed E-state index contributed by atoms with van der Waals surface area (Å²) >= 11 is 9.42. The van der Waals surface area contributed by atoms with Crippen LogP contribution in [0.15, 0.2) is 4.47 Å². The van der Waals surface area contributed by atoms with Crippen LogP contribution in [-0.4, -0.2) is 43.4 Å². The smallest absolute Gasteiger partial charge is 0.227 e. The first-order valence-electron chi connectivity index (χ1n) is 5.26. The van der Waals surface area contributed by atoms with E-state index >= 15 is 0 Å². The van der Waals surface area contributed by atoms with Gasteiger partial charge in [0.2, 0.25) is 5.95 Å². The lowest BCUT2D eigenvalue weighted by molar-refractivity contribution is 0.122. The Morgan fingerprint density at radius 1 is 1.41 bits per heavy atom. The highest BCUT2D eigenvalue weighted by Crippen LogP contribution is 2.26. The second-order valence-electron chi connectivity index (χ2n) is 3.61. The Kier molecular flexibility index (Phi) is 4.55. The highest BCUT2D eigenvalue weighted by Gasteiger charge is 2.17. The Bertz CT molecular complexity index is 399. The number of aromatic nitrogens is 2. The van der Waals surface area contributed by atoms with Crippen LogP contribution < -0.4 is 4.90 Å². The van der Waals surface area contributed by atoms with Crippen molar-refractivity contribution in [1.29, 1.82) is 0 Å². The van der Waals surface area contributed by atoms with Crippen molar-refractivity contribution in [1.82, 2.24) is 9.97 Å². The third-order valence-electron chi connectivity index (χ3n) is 2.44. The van der Waals surface area contributed by atoms with Crippen LogP contribution in [-0.2, 0) is 16.1 Å². The van der Waals surface area contributed by atoms with E-state index in [4.69, 9.17) is 21.1 Å². The maximum absolute atomic E-state index is 6.06. The molecule has 1 aliphatic rings. The van der Waals surface area contributed by atoms with Gasteiger partial charge in [-0.05, 0) is 15.9 Å².